The van der Waals surface area contributed by atoms with Gasteiger partial charge in [-0.25, -0.2) is 4.98 Å². The summed E-state index contributed by atoms with van der Waals surface area (Å²) in [5.74, 6) is 0. The first-order valence-electron chi connectivity index (χ1n) is 6.74. The van der Waals surface area contributed by atoms with Crippen LogP contribution < -0.4 is 16.2 Å². The molecule has 0 aliphatic heterocycles. The maximum absolute atomic E-state index is 11.7. The minimum Gasteiger partial charge on any atom is -0.379 e. The zero-order valence-electron chi connectivity index (χ0n) is 11.7. The second-order valence-corrected chi connectivity index (χ2v) is 4.51. The van der Waals surface area contributed by atoms with E-state index in [1.807, 2.05) is 6.92 Å². The predicted octanol–water partition coefficient (Wildman–Crippen LogP) is 1.24. The molecule has 0 bridgehead atoms. The maximum Gasteiger partial charge on any atom is 0.293 e. The molecule has 1 aromatic heterocycles. The van der Waals surface area contributed by atoms with E-state index in [-0.39, 0.29) is 16.6 Å². The highest BCUT2D eigenvalue weighted by Gasteiger charge is 2.16. The summed E-state index contributed by atoms with van der Waals surface area (Å²) in [7, 11) is 0. The van der Waals surface area contributed by atoms with Crippen LogP contribution in [-0.2, 0) is 0 Å². The lowest BCUT2D eigenvalue weighted by Gasteiger charge is -2.08. The number of fused-ring (bicyclic) bond motifs is 1. The predicted molar refractivity (Wildman–Crippen MR) is 80.7 cm³/mol. The van der Waals surface area contributed by atoms with Gasteiger partial charge < -0.3 is 15.6 Å². The van der Waals surface area contributed by atoms with Crippen molar-refractivity contribution in [1.29, 1.82) is 0 Å². The van der Waals surface area contributed by atoms with E-state index in [4.69, 9.17) is 0 Å². The van der Waals surface area contributed by atoms with Crippen LogP contribution in [0, 0.1) is 10.1 Å². The van der Waals surface area contributed by atoms with Crippen LogP contribution in [0.4, 0.5) is 11.4 Å². The van der Waals surface area contributed by atoms with Crippen molar-refractivity contribution in [3.05, 3.63) is 38.9 Å². The molecular weight excluding hydrogens is 274 g/mol. The summed E-state index contributed by atoms with van der Waals surface area (Å²) >= 11 is 0. The molecular formula is C13H17N5O3. The van der Waals surface area contributed by atoms with Crippen LogP contribution in [0.5, 0.6) is 0 Å². The van der Waals surface area contributed by atoms with E-state index in [0.717, 1.165) is 19.5 Å². The number of hydrogen-bond acceptors (Lipinski definition) is 6. The van der Waals surface area contributed by atoms with Gasteiger partial charge >= 0.3 is 0 Å². The summed E-state index contributed by atoms with van der Waals surface area (Å²) in [6.07, 6.45) is 2.12. The van der Waals surface area contributed by atoms with Crippen LogP contribution in [0.15, 0.2) is 23.3 Å². The van der Waals surface area contributed by atoms with Gasteiger partial charge in [-0.3, -0.25) is 14.9 Å². The molecule has 0 radical (unpaired) electrons. The first-order valence-corrected chi connectivity index (χ1v) is 6.74. The number of benzene rings is 1. The van der Waals surface area contributed by atoms with E-state index >= 15 is 0 Å². The number of nitro benzene ring substituents is 1. The Bertz CT molecular complexity index is 698. The van der Waals surface area contributed by atoms with Crippen molar-refractivity contribution in [2.75, 3.05) is 25.0 Å². The molecule has 0 amide bonds. The minimum absolute atomic E-state index is 0.121. The van der Waals surface area contributed by atoms with E-state index in [1.165, 1.54) is 18.5 Å². The molecule has 2 aromatic rings. The number of hydrogen-bond donors (Lipinski definition) is 3. The number of anilines is 1. The van der Waals surface area contributed by atoms with E-state index in [0.29, 0.717) is 17.7 Å². The monoisotopic (exact) mass is 291 g/mol. The van der Waals surface area contributed by atoms with Gasteiger partial charge in [0.05, 0.1) is 22.2 Å². The summed E-state index contributed by atoms with van der Waals surface area (Å²) in [6, 6.07) is 2.80. The molecule has 8 nitrogen and oxygen atoms in total. The number of nitrogens with one attached hydrogen (secondary N) is 3. The molecule has 0 aliphatic rings. The standard InChI is InChI=1S/C13H17N5O3/c1-2-14-4-3-5-15-11-7-10-9(6-12(11)18(20)21)13(19)17-8-16-10/h6-8,14-15H,2-5H2,1H3,(H,16,17,19). The molecule has 0 atom stereocenters. The molecule has 2 rings (SSSR count). The molecule has 1 heterocycles. The third-order valence-corrected chi connectivity index (χ3v) is 3.05. The molecule has 0 fully saturated rings. The van der Waals surface area contributed by atoms with E-state index < -0.39 is 4.92 Å². The quantitative estimate of drug-likeness (QED) is 0.402. The molecule has 0 unspecified atom stereocenters. The highest BCUT2D eigenvalue weighted by atomic mass is 16.6. The van der Waals surface area contributed by atoms with E-state index in [9.17, 15) is 14.9 Å². The Morgan fingerprint density at radius 3 is 2.90 bits per heavy atom. The van der Waals surface area contributed by atoms with Gasteiger partial charge in [-0.15, -0.1) is 0 Å². The Hall–Kier alpha value is -2.48. The summed E-state index contributed by atoms with van der Waals surface area (Å²) in [4.78, 5) is 28.7. The molecule has 112 valence electrons. The Labute approximate surface area is 120 Å². The molecule has 0 spiro atoms. The number of nitro groups is 1. The van der Waals surface area contributed by atoms with Gasteiger partial charge in [0.2, 0.25) is 0 Å². The number of aromatic amines is 1. The normalized spacial score (nSPS) is 10.7. The summed E-state index contributed by atoms with van der Waals surface area (Å²) in [5.41, 5.74) is 0.298. The first-order chi connectivity index (χ1) is 10.1. The Morgan fingerprint density at radius 1 is 1.38 bits per heavy atom. The smallest absolute Gasteiger partial charge is 0.293 e. The summed E-state index contributed by atoms with van der Waals surface area (Å²) in [6.45, 7) is 4.35. The number of H-pyrrole nitrogens is 1. The second kappa shape index (κ2) is 6.80. The number of aromatic nitrogens is 2. The van der Waals surface area contributed by atoms with Crippen molar-refractivity contribution >= 4 is 22.3 Å². The van der Waals surface area contributed by atoms with Gasteiger partial charge in [-0.1, -0.05) is 6.92 Å². The Kier molecular flexibility index (Phi) is 4.83. The van der Waals surface area contributed by atoms with Gasteiger partial charge in [0.15, 0.2) is 0 Å². The zero-order valence-corrected chi connectivity index (χ0v) is 11.7. The van der Waals surface area contributed by atoms with Crippen molar-refractivity contribution in [2.24, 2.45) is 0 Å². The average molecular weight is 291 g/mol. The summed E-state index contributed by atoms with van der Waals surface area (Å²) in [5, 5.41) is 17.6. The lowest BCUT2D eigenvalue weighted by atomic mass is 10.2. The largest absolute Gasteiger partial charge is 0.379 e. The van der Waals surface area contributed by atoms with Gasteiger partial charge in [-0.05, 0) is 25.6 Å². The zero-order chi connectivity index (χ0) is 15.2. The molecule has 3 N–H and O–H groups in total. The Balaban J connectivity index is 2.26. The Morgan fingerprint density at radius 2 is 2.19 bits per heavy atom. The number of rotatable bonds is 7. The minimum atomic E-state index is -0.501. The van der Waals surface area contributed by atoms with E-state index in [2.05, 4.69) is 20.6 Å². The van der Waals surface area contributed by atoms with Crippen LogP contribution in [0.1, 0.15) is 13.3 Å². The van der Waals surface area contributed by atoms with Crippen LogP contribution >= 0.6 is 0 Å². The van der Waals surface area contributed by atoms with E-state index in [1.54, 1.807) is 0 Å². The van der Waals surface area contributed by atoms with Gasteiger partial charge in [0, 0.05) is 12.6 Å². The highest BCUT2D eigenvalue weighted by Crippen LogP contribution is 2.27. The molecule has 0 aliphatic carbocycles. The SMILES string of the molecule is CCNCCCNc1cc2nc[nH]c(=O)c2cc1[N+](=O)[O-]. The topological polar surface area (TPSA) is 113 Å². The van der Waals surface area contributed by atoms with Crippen molar-refractivity contribution in [2.45, 2.75) is 13.3 Å². The van der Waals surface area contributed by atoms with Crippen molar-refractivity contribution in [1.82, 2.24) is 15.3 Å². The molecule has 0 saturated carbocycles. The molecule has 8 heteroatoms. The fourth-order valence-corrected chi connectivity index (χ4v) is 2.01. The lowest BCUT2D eigenvalue weighted by molar-refractivity contribution is -0.383. The van der Waals surface area contributed by atoms with Gasteiger partial charge in [-0.2, -0.15) is 0 Å². The van der Waals surface area contributed by atoms with Crippen molar-refractivity contribution in [3.8, 4) is 0 Å². The fraction of sp³-hybridized carbons (Fsp3) is 0.385. The lowest BCUT2D eigenvalue weighted by Crippen LogP contribution is -2.17. The van der Waals surface area contributed by atoms with Crippen molar-refractivity contribution in [3.63, 3.8) is 0 Å². The third kappa shape index (κ3) is 3.54. The average Bonchev–Trinajstić information content (AvgIpc) is 2.46. The van der Waals surface area contributed by atoms with Crippen LogP contribution in [0.2, 0.25) is 0 Å². The third-order valence-electron chi connectivity index (χ3n) is 3.05. The highest BCUT2D eigenvalue weighted by molar-refractivity contribution is 5.86. The first kappa shape index (κ1) is 14.9. The summed E-state index contributed by atoms with van der Waals surface area (Å²) < 4.78 is 0. The molecule has 1 aromatic carbocycles. The van der Waals surface area contributed by atoms with Crippen LogP contribution in [0.3, 0.4) is 0 Å². The maximum atomic E-state index is 11.7. The van der Waals surface area contributed by atoms with Crippen molar-refractivity contribution < 1.29 is 4.92 Å². The molecule has 0 saturated heterocycles. The van der Waals surface area contributed by atoms with Crippen LogP contribution in [0.25, 0.3) is 10.9 Å². The molecule has 21 heavy (non-hydrogen) atoms. The van der Waals surface area contributed by atoms with Crippen LogP contribution in [-0.4, -0.2) is 34.5 Å². The number of nitrogens with zero attached hydrogens (tertiary/aromatic N) is 2. The fourth-order valence-electron chi connectivity index (χ4n) is 2.01. The van der Waals surface area contributed by atoms with Gasteiger partial charge in [0.25, 0.3) is 11.2 Å². The second-order valence-electron chi connectivity index (χ2n) is 4.51. The van der Waals surface area contributed by atoms with Gasteiger partial charge in [0.1, 0.15) is 5.69 Å².